The molecule has 0 aliphatic heterocycles. The molecule has 0 saturated carbocycles. The highest BCUT2D eigenvalue weighted by Gasteiger charge is 2.13. The summed E-state index contributed by atoms with van der Waals surface area (Å²) >= 11 is 0. The van der Waals surface area contributed by atoms with Crippen LogP contribution in [0.5, 0.6) is 0 Å². The fourth-order valence-corrected chi connectivity index (χ4v) is 2.85. The molecule has 0 heterocycles. The number of anilines is 1. The van der Waals surface area contributed by atoms with Gasteiger partial charge in [-0.05, 0) is 48.5 Å². The van der Waals surface area contributed by atoms with E-state index in [2.05, 4.69) is 10.0 Å². The van der Waals surface area contributed by atoms with Gasteiger partial charge in [-0.25, -0.2) is 12.8 Å². The number of benzene rings is 2. The summed E-state index contributed by atoms with van der Waals surface area (Å²) in [4.78, 5) is 0.173. The van der Waals surface area contributed by atoms with E-state index in [-0.39, 0.29) is 4.90 Å². The summed E-state index contributed by atoms with van der Waals surface area (Å²) < 4.78 is 39.6. The molecule has 0 radical (unpaired) electrons. The zero-order chi connectivity index (χ0) is 15.3. The molecule has 0 aromatic heterocycles. The number of nitrogens with one attached hydrogen (secondary N) is 2. The van der Waals surface area contributed by atoms with Crippen molar-refractivity contribution in [2.45, 2.75) is 18.4 Å². The summed E-state index contributed by atoms with van der Waals surface area (Å²) in [5, 5.41) is 3.17. The fraction of sp³-hybridized carbons (Fsp3) is 0.200. The van der Waals surface area contributed by atoms with Gasteiger partial charge in [0.15, 0.2) is 0 Å². The summed E-state index contributed by atoms with van der Waals surface area (Å²) in [5.41, 5.74) is 1.34. The van der Waals surface area contributed by atoms with E-state index in [1.54, 1.807) is 24.3 Å². The quantitative estimate of drug-likeness (QED) is 0.862. The topological polar surface area (TPSA) is 58.2 Å². The zero-order valence-corrected chi connectivity index (χ0v) is 12.5. The SMILES string of the molecule is CCNCc1ccc(S(=O)(=O)Nc2ccc(F)cc2)cc1. The average molecular weight is 308 g/mol. The lowest BCUT2D eigenvalue weighted by atomic mass is 10.2. The molecular weight excluding hydrogens is 291 g/mol. The minimum Gasteiger partial charge on any atom is -0.313 e. The Morgan fingerprint density at radius 1 is 1.00 bits per heavy atom. The van der Waals surface area contributed by atoms with Gasteiger partial charge in [0, 0.05) is 12.2 Å². The molecule has 112 valence electrons. The van der Waals surface area contributed by atoms with E-state index in [9.17, 15) is 12.8 Å². The van der Waals surface area contributed by atoms with Crippen LogP contribution in [0, 0.1) is 5.82 Å². The molecule has 21 heavy (non-hydrogen) atoms. The molecule has 6 heteroatoms. The lowest BCUT2D eigenvalue weighted by Crippen LogP contribution is -2.14. The van der Waals surface area contributed by atoms with E-state index in [1.165, 1.54) is 24.3 Å². The minimum absolute atomic E-state index is 0.173. The van der Waals surface area contributed by atoms with Crippen molar-refractivity contribution in [1.82, 2.24) is 5.32 Å². The number of rotatable bonds is 6. The van der Waals surface area contributed by atoms with Gasteiger partial charge in [-0.3, -0.25) is 4.72 Å². The second-order valence-corrected chi connectivity index (χ2v) is 6.22. The van der Waals surface area contributed by atoms with Crippen LogP contribution in [0.25, 0.3) is 0 Å². The number of halogens is 1. The van der Waals surface area contributed by atoms with Gasteiger partial charge in [-0.1, -0.05) is 19.1 Å². The standard InChI is InChI=1S/C15H17FN2O2S/c1-2-17-11-12-3-9-15(10-4-12)21(19,20)18-14-7-5-13(16)6-8-14/h3-10,17-18H,2,11H2,1H3. The highest BCUT2D eigenvalue weighted by atomic mass is 32.2. The Hall–Kier alpha value is -1.92. The Bertz CT molecular complexity index is 683. The second-order valence-electron chi connectivity index (χ2n) is 4.54. The van der Waals surface area contributed by atoms with E-state index in [0.717, 1.165) is 12.1 Å². The second kappa shape index (κ2) is 6.69. The predicted molar refractivity (Wildman–Crippen MR) is 81.0 cm³/mol. The Balaban J connectivity index is 2.13. The van der Waals surface area contributed by atoms with E-state index >= 15 is 0 Å². The molecule has 4 nitrogen and oxygen atoms in total. The summed E-state index contributed by atoms with van der Waals surface area (Å²) in [7, 11) is -3.66. The van der Waals surface area contributed by atoms with Crippen LogP contribution in [0.15, 0.2) is 53.4 Å². The van der Waals surface area contributed by atoms with Crippen molar-refractivity contribution in [1.29, 1.82) is 0 Å². The summed E-state index contributed by atoms with van der Waals surface area (Å²) in [6.07, 6.45) is 0. The molecule has 0 aliphatic carbocycles. The van der Waals surface area contributed by atoms with E-state index in [4.69, 9.17) is 0 Å². The van der Waals surface area contributed by atoms with Crippen molar-refractivity contribution >= 4 is 15.7 Å². The van der Waals surface area contributed by atoms with Gasteiger partial charge in [0.05, 0.1) is 4.90 Å². The van der Waals surface area contributed by atoms with Gasteiger partial charge < -0.3 is 5.32 Å². The highest BCUT2D eigenvalue weighted by Crippen LogP contribution is 2.17. The van der Waals surface area contributed by atoms with E-state index in [1.807, 2.05) is 6.92 Å². The lowest BCUT2D eigenvalue weighted by molar-refractivity contribution is 0.601. The monoisotopic (exact) mass is 308 g/mol. The maximum absolute atomic E-state index is 12.8. The molecule has 0 unspecified atom stereocenters. The van der Waals surface area contributed by atoms with E-state index in [0.29, 0.717) is 12.2 Å². The van der Waals surface area contributed by atoms with Gasteiger partial charge in [0.1, 0.15) is 5.82 Å². The van der Waals surface area contributed by atoms with Crippen LogP contribution in [0.2, 0.25) is 0 Å². The smallest absolute Gasteiger partial charge is 0.261 e. The van der Waals surface area contributed by atoms with Crippen molar-refractivity contribution < 1.29 is 12.8 Å². The molecule has 0 saturated heterocycles. The molecule has 0 aliphatic rings. The van der Waals surface area contributed by atoms with Gasteiger partial charge in [0.2, 0.25) is 0 Å². The first-order valence-electron chi connectivity index (χ1n) is 6.59. The third kappa shape index (κ3) is 4.27. The van der Waals surface area contributed by atoms with Crippen LogP contribution in [-0.2, 0) is 16.6 Å². The van der Waals surface area contributed by atoms with Crippen LogP contribution < -0.4 is 10.0 Å². The third-order valence-electron chi connectivity index (χ3n) is 2.91. The Labute approximate surface area is 124 Å². The Kier molecular flexibility index (Phi) is 4.93. The molecule has 2 rings (SSSR count). The molecule has 0 atom stereocenters. The third-order valence-corrected chi connectivity index (χ3v) is 4.31. The zero-order valence-electron chi connectivity index (χ0n) is 11.6. The molecule has 0 bridgehead atoms. The maximum Gasteiger partial charge on any atom is 0.261 e. The maximum atomic E-state index is 12.8. The normalized spacial score (nSPS) is 11.3. The van der Waals surface area contributed by atoms with Crippen LogP contribution in [0.1, 0.15) is 12.5 Å². The predicted octanol–water partition coefficient (Wildman–Crippen LogP) is 2.74. The van der Waals surface area contributed by atoms with Gasteiger partial charge in [-0.15, -0.1) is 0 Å². The molecule has 0 amide bonds. The summed E-state index contributed by atoms with van der Waals surface area (Å²) in [5.74, 6) is -0.411. The molecule has 0 fully saturated rings. The van der Waals surface area contributed by atoms with Crippen molar-refractivity contribution in [3.63, 3.8) is 0 Å². The van der Waals surface area contributed by atoms with Crippen LogP contribution in [0.4, 0.5) is 10.1 Å². The van der Waals surface area contributed by atoms with Crippen LogP contribution >= 0.6 is 0 Å². The molecule has 2 N–H and O–H groups in total. The van der Waals surface area contributed by atoms with Crippen molar-refractivity contribution in [3.8, 4) is 0 Å². The average Bonchev–Trinajstić information content (AvgIpc) is 2.48. The number of hydrogen-bond donors (Lipinski definition) is 2. The molecule has 2 aromatic rings. The molecule has 2 aromatic carbocycles. The van der Waals surface area contributed by atoms with Gasteiger partial charge >= 0.3 is 0 Å². The first-order chi connectivity index (χ1) is 10.0. The van der Waals surface area contributed by atoms with Crippen molar-refractivity contribution in [2.24, 2.45) is 0 Å². The minimum atomic E-state index is -3.66. The van der Waals surface area contributed by atoms with Crippen molar-refractivity contribution in [2.75, 3.05) is 11.3 Å². The highest BCUT2D eigenvalue weighted by molar-refractivity contribution is 7.92. The Morgan fingerprint density at radius 2 is 1.62 bits per heavy atom. The fourth-order valence-electron chi connectivity index (χ4n) is 1.79. The van der Waals surface area contributed by atoms with Gasteiger partial charge in [0.25, 0.3) is 10.0 Å². The Morgan fingerprint density at radius 3 is 2.19 bits per heavy atom. The molecular formula is C15H17FN2O2S. The van der Waals surface area contributed by atoms with Crippen LogP contribution in [-0.4, -0.2) is 15.0 Å². The van der Waals surface area contributed by atoms with Crippen molar-refractivity contribution in [3.05, 3.63) is 59.9 Å². The summed E-state index contributed by atoms with van der Waals surface area (Å²) in [6, 6.07) is 11.8. The number of sulfonamides is 1. The first kappa shape index (κ1) is 15.5. The first-order valence-corrected chi connectivity index (χ1v) is 8.07. The number of hydrogen-bond acceptors (Lipinski definition) is 3. The largest absolute Gasteiger partial charge is 0.313 e. The lowest BCUT2D eigenvalue weighted by Gasteiger charge is -2.09. The summed E-state index contributed by atoms with van der Waals surface area (Å²) in [6.45, 7) is 3.56. The molecule has 0 spiro atoms. The van der Waals surface area contributed by atoms with E-state index < -0.39 is 15.8 Å². The van der Waals surface area contributed by atoms with Gasteiger partial charge in [-0.2, -0.15) is 0 Å². The van der Waals surface area contributed by atoms with Crippen LogP contribution in [0.3, 0.4) is 0 Å².